The van der Waals surface area contributed by atoms with Crippen molar-refractivity contribution in [1.29, 1.82) is 0 Å². The first-order valence-corrected chi connectivity index (χ1v) is 25.5. The highest BCUT2D eigenvalue weighted by Gasteiger charge is 2.19. The fourth-order valence-electron chi connectivity index (χ4n) is 7.22. The normalized spacial score (nSPS) is 12.3. The minimum atomic E-state index is -0.769. The molecule has 0 N–H and O–H groups in total. The fourth-order valence-corrected chi connectivity index (χ4v) is 7.22. The lowest BCUT2D eigenvalue weighted by atomic mass is 10.0. The van der Waals surface area contributed by atoms with Gasteiger partial charge in [0.25, 0.3) is 0 Å². The van der Waals surface area contributed by atoms with E-state index in [9.17, 15) is 14.4 Å². The molecule has 0 saturated carbocycles. The lowest BCUT2D eigenvalue weighted by Crippen LogP contribution is -2.30. The van der Waals surface area contributed by atoms with Crippen LogP contribution in [-0.4, -0.2) is 37.2 Å². The lowest BCUT2D eigenvalue weighted by Gasteiger charge is -2.18. The van der Waals surface area contributed by atoms with Crippen LogP contribution in [0.5, 0.6) is 0 Å². The quantitative estimate of drug-likeness (QED) is 0.0263. The largest absolute Gasteiger partial charge is 0.462 e. The molecule has 344 valence electrons. The molecule has 0 rings (SSSR count). The number of esters is 3. The molecule has 0 radical (unpaired) electrons. The monoisotopic (exact) mass is 829 g/mol. The molecule has 1 atom stereocenters. The number of hydrogen-bond donors (Lipinski definition) is 0. The highest BCUT2D eigenvalue weighted by atomic mass is 16.6. The standard InChI is InChI=1S/C53H96O6/c1-4-7-10-13-15-17-19-20-21-22-23-24-25-26-27-28-29-30-31-32-34-35-37-40-43-46-52(55)58-49-50(48-57-51(54)45-42-39-12-9-6-3)59-53(56)47-44-41-38-36-33-18-16-14-11-8-5-2/h14,16,19-20,22-23,50H,4-13,15,17-18,21,24-49H2,1-3H3/b16-14-,20-19-,23-22-. The van der Waals surface area contributed by atoms with Crippen LogP contribution < -0.4 is 0 Å². The van der Waals surface area contributed by atoms with Gasteiger partial charge in [-0.3, -0.25) is 14.4 Å². The predicted molar refractivity (Wildman–Crippen MR) is 252 cm³/mol. The topological polar surface area (TPSA) is 78.9 Å². The maximum atomic E-state index is 12.7. The van der Waals surface area contributed by atoms with Crippen LogP contribution in [0.1, 0.15) is 265 Å². The summed E-state index contributed by atoms with van der Waals surface area (Å²) < 4.78 is 16.6. The minimum Gasteiger partial charge on any atom is -0.462 e. The Bertz CT molecular complexity index is 1000. The average molecular weight is 829 g/mol. The third kappa shape index (κ3) is 46.5. The highest BCUT2D eigenvalue weighted by molar-refractivity contribution is 5.71. The van der Waals surface area contributed by atoms with E-state index in [1.165, 1.54) is 141 Å². The Morgan fingerprint density at radius 1 is 0.339 bits per heavy atom. The molecule has 0 aromatic carbocycles. The van der Waals surface area contributed by atoms with Crippen molar-refractivity contribution in [1.82, 2.24) is 0 Å². The maximum Gasteiger partial charge on any atom is 0.306 e. The van der Waals surface area contributed by atoms with Crippen molar-refractivity contribution >= 4 is 17.9 Å². The summed E-state index contributed by atoms with van der Waals surface area (Å²) in [6, 6.07) is 0. The van der Waals surface area contributed by atoms with Gasteiger partial charge < -0.3 is 14.2 Å². The molecule has 1 unspecified atom stereocenters. The third-order valence-corrected chi connectivity index (χ3v) is 11.1. The first kappa shape index (κ1) is 56.6. The first-order valence-electron chi connectivity index (χ1n) is 25.5. The fraction of sp³-hybridized carbons (Fsp3) is 0.830. The van der Waals surface area contributed by atoms with Crippen LogP contribution in [0.3, 0.4) is 0 Å². The van der Waals surface area contributed by atoms with Crippen LogP contribution in [-0.2, 0) is 28.6 Å². The summed E-state index contributed by atoms with van der Waals surface area (Å²) in [4.78, 5) is 37.5. The third-order valence-electron chi connectivity index (χ3n) is 11.1. The molecular weight excluding hydrogens is 733 g/mol. The molecule has 0 saturated heterocycles. The minimum absolute atomic E-state index is 0.0745. The molecule has 0 bridgehead atoms. The van der Waals surface area contributed by atoms with Gasteiger partial charge in [0.1, 0.15) is 13.2 Å². The number of carbonyl (C=O) groups is 3. The van der Waals surface area contributed by atoms with Crippen LogP contribution >= 0.6 is 0 Å². The Balaban J connectivity index is 4.02. The van der Waals surface area contributed by atoms with E-state index >= 15 is 0 Å². The number of hydrogen-bond acceptors (Lipinski definition) is 6. The summed E-state index contributed by atoms with van der Waals surface area (Å²) in [7, 11) is 0. The van der Waals surface area contributed by atoms with Crippen molar-refractivity contribution in [2.75, 3.05) is 13.2 Å². The van der Waals surface area contributed by atoms with E-state index in [0.717, 1.165) is 83.5 Å². The Kier molecular flexibility index (Phi) is 46.4. The SMILES string of the molecule is CCCC/C=C\CCCCCCCC(=O)OC(COC(=O)CCCCCCC)COC(=O)CCCCCCCCCCCCCCC/C=C\C/C=C\CCCCCCC. The number of allylic oxidation sites excluding steroid dienone is 6. The van der Waals surface area contributed by atoms with Gasteiger partial charge in [-0.1, -0.05) is 211 Å². The summed E-state index contributed by atoms with van der Waals surface area (Å²) in [5, 5.41) is 0. The maximum absolute atomic E-state index is 12.7. The summed E-state index contributed by atoms with van der Waals surface area (Å²) in [5.74, 6) is -0.894. The molecule has 0 aromatic heterocycles. The van der Waals surface area contributed by atoms with Crippen molar-refractivity contribution in [2.45, 2.75) is 271 Å². The number of ether oxygens (including phenoxy) is 3. The van der Waals surface area contributed by atoms with Crippen LogP contribution in [0, 0.1) is 0 Å². The Hall–Kier alpha value is -2.37. The Morgan fingerprint density at radius 2 is 0.627 bits per heavy atom. The average Bonchev–Trinajstić information content (AvgIpc) is 3.23. The molecule has 0 spiro atoms. The van der Waals surface area contributed by atoms with Gasteiger partial charge in [-0.05, 0) is 70.6 Å². The van der Waals surface area contributed by atoms with Gasteiger partial charge in [0, 0.05) is 19.3 Å². The zero-order chi connectivity index (χ0) is 43.0. The van der Waals surface area contributed by atoms with E-state index in [2.05, 4.69) is 57.2 Å². The highest BCUT2D eigenvalue weighted by Crippen LogP contribution is 2.15. The molecule has 0 aliphatic heterocycles. The zero-order valence-corrected chi connectivity index (χ0v) is 39.3. The van der Waals surface area contributed by atoms with Crippen LogP contribution in [0.15, 0.2) is 36.5 Å². The molecule has 59 heavy (non-hydrogen) atoms. The smallest absolute Gasteiger partial charge is 0.306 e. The summed E-state index contributed by atoms with van der Waals surface area (Å²) >= 11 is 0. The van der Waals surface area contributed by atoms with Gasteiger partial charge in [0.15, 0.2) is 6.10 Å². The van der Waals surface area contributed by atoms with Crippen LogP contribution in [0.4, 0.5) is 0 Å². The van der Waals surface area contributed by atoms with Gasteiger partial charge in [-0.15, -0.1) is 0 Å². The predicted octanol–water partition coefficient (Wildman–Crippen LogP) is 16.5. The van der Waals surface area contributed by atoms with Crippen molar-refractivity contribution in [2.24, 2.45) is 0 Å². The molecule has 0 heterocycles. The van der Waals surface area contributed by atoms with Gasteiger partial charge in [-0.2, -0.15) is 0 Å². The number of carbonyl (C=O) groups excluding carboxylic acids is 3. The molecule has 0 fully saturated rings. The van der Waals surface area contributed by atoms with Crippen LogP contribution in [0.2, 0.25) is 0 Å². The summed E-state index contributed by atoms with van der Waals surface area (Å²) in [6.07, 6.45) is 56.1. The number of unbranched alkanes of at least 4 members (excludes halogenated alkanes) is 29. The van der Waals surface area contributed by atoms with Crippen molar-refractivity contribution in [3.63, 3.8) is 0 Å². The Morgan fingerprint density at radius 3 is 1.00 bits per heavy atom. The summed E-state index contributed by atoms with van der Waals surface area (Å²) in [5.41, 5.74) is 0. The van der Waals surface area contributed by atoms with Crippen LogP contribution in [0.25, 0.3) is 0 Å². The van der Waals surface area contributed by atoms with E-state index in [0.29, 0.717) is 19.3 Å². The second-order valence-corrected chi connectivity index (χ2v) is 17.1. The molecule has 0 amide bonds. The molecule has 0 aliphatic carbocycles. The van der Waals surface area contributed by atoms with E-state index in [-0.39, 0.29) is 31.1 Å². The molecule has 0 aliphatic rings. The van der Waals surface area contributed by atoms with E-state index in [1.54, 1.807) is 0 Å². The lowest BCUT2D eigenvalue weighted by molar-refractivity contribution is -0.167. The van der Waals surface area contributed by atoms with Crippen molar-refractivity contribution < 1.29 is 28.6 Å². The second kappa shape index (κ2) is 48.3. The molecule has 6 heteroatoms. The zero-order valence-electron chi connectivity index (χ0n) is 39.3. The molecular formula is C53H96O6. The van der Waals surface area contributed by atoms with E-state index in [1.807, 2.05) is 0 Å². The van der Waals surface area contributed by atoms with Gasteiger partial charge in [0.05, 0.1) is 0 Å². The Labute approximate surface area is 365 Å². The van der Waals surface area contributed by atoms with Crippen molar-refractivity contribution in [3.8, 4) is 0 Å². The van der Waals surface area contributed by atoms with E-state index in [4.69, 9.17) is 14.2 Å². The van der Waals surface area contributed by atoms with Gasteiger partial charge in [-0.25, -0.2) is 0 Å². The van der Waals surface area contributed by atoms with Gasteiger partial charge in [0.2, 0.25) is 0 Å². The molecule has 0 aromatic rings. The number of rotatable bonds is 46. The molecule has 6 nitrogen and oxygen atoms in total. The van der Waals surface area contributed by atoms with E-state index < -0.39 is 6.10 Å². The van der Waals surface area contributed by atoms with Crippen molar-refractivity contribution in [3.05, 3.63) is 36.5 Å². The summed E-state index contributed by atoms with van der Waals surface area (Å²) in [6.45, 7) is 6.51. The first-order chi connectivity index (χ1) is 29.0. The van der Waals surface area contributed by atoms with Gasteiger partial charge >= 0.3 is 17.9 Å². The second-order valence-electron chi connectivity index (χ2n) is 17.1.